The summed E-state index contributed by atoms with van der Waals surface area (Å²) in [6.45, 7) is 3.65. The van der Waals surface area contributed by atoms with E-state index in [4.69, 9.17) is 4.84 Å². The number of rotatable bonds is 5. The molecule has 2 aromatic carbocycles. The first-order chi connectivity index (χ1) is 10.6. The predicted molar refractivity (Wildman–Crippen MR) is 92.1 cm³/mol. The molecule has 0 saturated heterocycles. The zero-order valence-corrected chi connectivity index (χ0v) is 14.0. The van der Waals surface area contributed by atoms with Gasteiger partial charge < -0.3 is 10.2 Å². The first kappa shape index (κ1) is 16.2. The zero-order valence-electron chi connectivity index (χ0n) is 12.4. The Morgan fingerprint density at radius 3 is 2.59 bits per heavy atom. The lowest BCUT2D eigenvalue weighted by Crippen LogP contribution is -2.26. The molecule has 2 aromatic rings. The van der Waals surface area contributed by atoms with Gasteiger partial charge in [-0.25, -0.2) is 0 Å². The fraction of sp³-hybridized carbons (Fsp3) is 0.176. The third kappa shape index (κ3) is 4.70. The lowest BCUT2D eigenvalue weighted by molar-refractivity contribution is -0.126. The Bertz CT molecular complexity index is 669. The number of nitrogens with zero attached hydrogens (tertiary/aromatic N) is 1. The number of benzene rings is 2. The monoisotopic (exact) mass is 360 g/mol. The maximum absolute atomic E-state index is 12.0. The van der Waals surface area contributed by atoms with Gasteiger partial charge in [0.15, 0.2) is 0 Å². The van der Waals surface area contributed by atoms with Crippen LogP contribution in [0.25, 0.3) is 0 Å². The number of halogens is 1. The molecule has 1 N–H and O–H groups in total. The summed E-state index contributed by atoms with van der Waals surface area (Å²) >= 11 is 3.35. The number of oxime groups is 1. The Kier molecular flexibility index (Phi) is 5.72. The van der Waals surface area contributed by atoms with Gasteiger partial charge in [-0.2, -0.15) is 0 Å². The summed E-state index contributed by atoms with van der Waals surface area (Å²) in [6.07, 6.45) is 0.933. The van der Waals surface area contributed by atoms with Crippen LogP contribution in [0.3, 0.4) is 0 Å². The van der Waals surface area contributed by atoms with Crippen molar-refractivity contribution >= 4 is 33.7 Å². The molecule has 0 aliphatic carbocycles. The van der Waals surface area contributed by atoms with Crippen molar-refractivity contribution in [3.63, 3.8) is 0 Å². The number of aryl methyl sites for hydroxylation is 1. The normalized spacial score (nSPS) is 12.1. The number of amides is 1. The van der Waals surface area contributed by atoms with Crippen molar-refractivity contribution in [2.24, 2.45) is 5.16 Å². The fourth-order valence-electron chi connectivity index (χ4n) is 1.74. The van der Waals surface area contributed by atoms with E-state index in [2.05, 4.69) is 26.4 Å². The highest BCUT2D eigenvalue weighted by molar-refractivity contribution is 9.10. The smallest absolute Gasteiger partial charge is 0.267 e. The highest BCUT2D eigenvalue weighted by Crippen LogP contribution is 2.14. The van der Waals surface area contributed by atoms with E-state index in [0.717, 1.165) is 15.6 Å². The summed E-state index contributed by atoms with van der Waals surface area (Å²) in [5, 5.41) is 6.66. The summed E-state index contributed by atoms with van der Waals surface area (Å²) in [5.74, 6) is -0.246. The standard InChI is InChI=1S/C17H17BrN2O2/c1-12-5-3-4-6-14(12)11-19-22-13(2)17(21)20-16-9-7-15(18)8-10-16/h3-11,13H,1-2H3,(H,20,21)/b19-11+. The molecule has 1 amide bonds. The van der Waals surface area contributed by atoms with Gasteiger partial charge >= 0.3 is 0 Å². The van der Waals surface area contributed by atoms with Gasteiger partial charge in [0, 0.05) is 10.2 Å². The zero-order chi connectivity index (χ0) is 15.9. The molecular weight excluding hydrogens is 344 g/mol. The Morgan fingerprint density at radius 1 is 1.23 bits per heavy atom. The molecule has 0 aliphatic heterocycles. The summed E-state index contributed by atoms with van der Waals surface area (Å²) in [7, 11) is 0. The van der Waals surface area contributed by atoms with E-state index in [1.165, 1.54) is 0 Å². The molecule has 5 heteroatoms. The minimum atomic E-state index is -0.677. The molecule has 0 bridgehead atoms. The summed E-state index contributed by atoms with van der Waals surface area (Å²) < 4.78 is 0.956. The van der Waals surface area contributed by atoms with Crippen LogP contribution in [0.1, 0.15) is 18.1 Å². The van der Waals surface area contributed by atoms with Crippen LogP contribution in [0.5, 0.6) is 0 Å². The van der Waals surface area contributed by atoms with E-state index in [9.17, 15) is 4.79 Å². The highest BCUT2D eigenvalue weighted by atomic mass is 79.9. The fourth-order valence-corrected chi connectivity index (χ4v) is 2.00. The molecule has 2 rings (SSSR count). The van der Waals surface area contributed by atoms with E-state index in [0.29, 0.717) is 5.69 Å². The van der Waals surface area contributed by atoms with Gasteiger partial charge in [-0.3, -0.25) is 4.79 Å². The van der Waals surface area contributed by atoms with Crippen molar-refractivity contribution in [2.75, 3.05) is 5.32 Å². The molecule has 114 valence electrons. The van der Waals surface area contributed by atoms with Crippen LogP contribution in [0, 0.1) is 6.92 Å². The molecule has 0 fully saturated rings. The van der Waals surface area contributed by atoms with Gasteiger partial charge in [-0.1, -0.05) is 45.4 Å². The number of anilines is 1. The third-order valence-electron chi connectivity index (χ3n) is 3.08. The summed E-state index contributed by atoms with van der Waals surface area (Å²) in [5.41, 5.74) is 2.77. The Labute approximate surface area is 138 Å². The first-order valence-electron chi connectivity index (χ1n) is 6.87. The molecule has 0 spiro atoms. The maximum Gasteiger partial charge on any atom is 0.267 e. The number of hydrogen-bond acceptors (Lipinski definition) is 3. The molecule has 1 atom stereocenters. The molecule has 0 radical (unpaired) electrons. The lowest BCUT2D eigenvalue weighted by Gasteiger charge is -2.10. The van der Waals surface area contributed by atoms with Crippen molar-refractivity contribution in [2.45, 2.75) is 20.0 Å². The Hall–Kier alpha value is -2.14. The molecule has 0 heterocycles. The van der Waals surface area contributed by atoms with E-state index >= 15 is 0 Å². The average molecular weight is 361 g/mol. The Balaban J connectivity index is 1.89. The van der Waals surface area contributed by atoms with Crippen LogP contribution in [0.2, 0.25) is 0 Å². The van der Waals surface area contributed by atoms with Crippen molar-refractivity contribution in [3.8, 4) is 0 Å². The number of carbonyl (C=O) groups is 1. The molecule has 4 nitrogen and oxygen atoms in total. The topological polar surface area (TPSA) is 50.7 Å². The SMILES string of the molecule is Cc1ccccc1/C=N/OC(C)C(=O)Nc1ccc(Br)cc1. The lowest BCUT2D eigenvalue weighted by atomic mass is 10.1. The second kappa shape index (κ2) is 7.75. The third-order valence-corrected chi connectivity index (χ3v) is 3.61. The molecule has 0 aromatic heterocycles. The molecule has 22 heavy (non-hydrogen) atoms. The minimum Gasteiger partial charge on any atom is -0.383 e. The van der Waals surface area contributed by atoms with Crippen molar-refractivity contribution in [1.29, 1.82) is 0 Å². The van der Waals surface area contributed by atoms with E-state index in [1.54, 1.807) is 13.1 Å². The Morgan fingerprint density at radius 2 is 1.91 bits per heavy atom. The molecule has 1 unspecified atom stereocenters. The second-order valence-electron chi connectivity index (χ2n) is 4.83. The number of nitrogens with one attached hydrogen (secondary N) is 1. The largest absolute Gasteiger partial charge is 0.383 e. The van der Waals surface area contributed by atoms with Crippen LogP contribution < -0.4 is 5.32 Å². The van der Waals surface area contributed by atoms with Crippen molar-refractivity contribution < 1.29 is 9.63 Å². The summed E-state index contributed by atoms with van der Waals surface area (Å²) in [4.78, 5) is 17.2. The minimum absolute atomic E-state index is 0.246. The first-order valence-corrected chi connectivity index (χ1v) is 7.67. The summed E-state index contributed by atoms with van der Waals surface area (Å²) in [6, 6.07) is 15.2. The number of carbonyl (C=O) groups excluding carboxylic acids is 1. The average Bonchev–Trinajstić information content (AvgIpc) is 2.51. The van der Waals surface area contributed by atoms with Gasteiger partial charge in [0.05, 0.1) is 6.21 Å². The van der Waals surface area contributed by atoms with Crippen LogP contribution in [0.15, 0.2) is 58.2 Å². The number of hydrogen-bond donors (Lipinski definition) is 1. The van der Waals surface area contributed by atoms with Crippen LogP contribution >= 0.6 is 15.9 Å². The van der Waals surface area contributed by atoms with E-state index < -0.39 is 6.10 Å². The van der Waals surface area contributed by atoms with Crippen molar-refractivity contribution in [1.82, 2.24) is 0 Å². The van der Waals surface area contributed by atoms with Crippen molar-refractivity contribution in [3.05, 3.63) is 64.1 Å². The van der Waals surface area contributed by atoms with E-state index in [1.807, 2.05) is 55.5 Å². The molecule has 0 aliphatic rings. The highest BCUT2D eigenvalue weighted by Gasteiger charge is 2.14. The van der Waals surface area contributed by atoms with Gasteiger partial charge in [0.25, 0.3) is 5.91 Å². The van der Waals surface area contributed by atoms with Crippen LogP contribution in [-0.2, 0) is 9.63 Å². The van der Waals surface area contributed by atoms with Gasteiger partial charge in [-0.15, -0.1) is 0 Å². The van der Waals surface area contributed by atoms with Gasteiger partial charge in [0.2, 0.25) is 6.10 Å². The quantitative estimate of drug-likeness (QED) is 0.643. The second-order valence-corrected chi connectivity index (χ2v) is 5.75. The van der Waals surface area contributed by atoms with Gasteiger partial charge in [0.1, 0.15) is 0 Å². The predicted octanol–water partition coefficient (Wildman–Crippen LogP) is 4.14. The maximum atomic E-state index is 12.0. The van der Waals surface area contributed by atoms with Crippen LogP contribution in [0.4, 0.5) is 5.69 Å². The van der Waals surface area contributed by atoms with Crippen LogP contribution in [-0.4, -0.2) is 18.2 Å². The van der Waals surface area contributed by atoms with Gasteiger partial charge in [-0.05, 0) is 49.2 Å². The molecule has 0 saturated carbocycles. The van der Waals surface area contributed by atoms with E-state index in [-0.39, 0.29) is 5.91 Å². The molecular formula is C17H17BrN2O2.